The number of piperidine rings is 1. The highest BCUT2D eigenvalue weighted by Gasteiger charge is 2.32. The SMILES string of the molecule is O=C(N/N=C\c1ccc2c(c1)OCO2)C1CCN(S(=O)(=O)c2ccc(Cl)cc2)CC1. The van der Waals surface area contributed by atoms with Gasteiger partial charge in [-0.3, -0.25) is 4.79 Å². The summed E-state index contributed by atoms with van der Waals surface area (Å²) in [6, 6.07) is 11.4. The Hall–Kier alpha value is -2.62. The molecule has 1 N–H and O–H groups in total. The zero-order valence-corrected chi connectivity index (χ0v) is 17.5. The molecule has 0 atom stereocenters. The van der Waals surface area contributed by atoms with E-state index < -0.39 is 10.0 Å². The Bertz CT molecular complexity index is 1060. The maximum atomic E-state index is 12.7. The number of amides is 1. The highest BCUT2D eigenvalue weighted by Crippen LogP contribution is 2.32. The molecule has 0 spiro atoms. The fraction of sp³-hybridized carbons (Fsp3) is 0.300. The molecule has 2 heterocycles. The topological polar surface area (TPSA) is 97.3 Å². The largest absolute Gasteiger partial charge is 0.454 e. The summed E-state index contributed by atoms with van der Waals surface area (Å²) in [6.45, 7) is 0.739. The van der Waals surface area contributed by atoms with Crippen molar-refractivity contribution in [3.8, 4) is 11.5 Å². The van der Waals surface area contributed by atoms with Crippen molar-refractivity contribution in [1.29, 1.82) is 0 Å². The van der Waals surface area contributed by atoms with Gasteiger partial charge in [0.2, 0.25) is 22.7 Å². The average Bonchev–Trinajstić information content (AvgIpc) is 3.22. The van der Waals surface area contributed by atoms with Gasteiger partial charge >= 0.3 is 0 Å². The summed E-state index contributed by atoms with van der Waals surface area (Å²) >= 11 is 5.83. The van der Waals surface area contributed by atoms with Gasteiger partial charge in [-0.05, 0) is 60.9 Å². The number of hydrazone groups is 1. The van der Waals surface area contributed by atoms with Crippen LogP contribution in [0.4, 0.5) is 0 Å². The third kappa shape index (κ3) is 4.43. The van der Waals surface area contributed by atoms with Gasteiger partial charge in [0.1, 0.15) is 0 Å². The Labute approximate surface area is 179 Å². The number of rotatable bonds is 5. The van der Waals surface area contributed by atoms with Gasteiger partial charge in [-0.1, -0.05) is 11.6 Å². The van der Waals surface area contributed by atoms with Crippen LogP contribution in [0.3, 0.4) is 0 Å². The first-order valence-electron chi connectivity index (χ1n) is 9.42. The summed E-state index contributed by atoms with van der Waals surface area (Å²) in [5.41, 5.74) is 3.30. The van der Waals surface area contributed by atoms with Crippen molar-refractivity contribution >= 4 is 33.7 Å². The number of fused-ring (bicyclic) bond motifs is 1. The minimum atomic E-state index is -3.59. The normalized spacial score (nSPS) is 17.4. The highest BCUT2D eigenvalue weighted by molar-refractivity contribution is 7.89. The number of carbonyl (C=O) groups is 1. The van der Waals surface area contributed by atoms with Crippen LogP contribution in [0.2, 0.25) is 5.02 Å². The van der Waals surface area contributed by atoms with Gasteiger partial charge < -0.3 is 9.47 Å². The molecule has 2 aromatic rings. The van der Waals surface area contributed by atoms with Crippen LogP contribution < -0.4 is 14.9 Å². The summed E-state index contributed by atoms with van der Waals surface area (Å²) in [6.07, 6.45) is 2.39. The highest BCUT2D eigenvalue weighted by atomic mass is 35.5. The van der Waals surface area contributed by atoms with E-state index in [-0.39, 0.29) is 36.6 Å². The third-order valence-electron chi connectivity index (χ3n) is 5.06. The Morgan fingerprint density at radius 2 is 1.80 bits per heavy atom. The van der Waals surface area contributed by atoms with Gasteiger partial charge in [-0.15, -0.1) is 0 Å². The van der Waals surface area contributed by atoms with Crippen molar-refractivity contribution in [2.45, 2.75) is 17.7 Å². The van der Waals surface area contributed by atoms with Crippen molar-refractivity contribution in [2.24, 2.45) is 11.0 Å². The minimum absolute atomic E-state index is 0.194. The van der Waals surface area contributed by atoms with Crippen LogP contribution in [0, 0.1) is 5.92 Å². The molecule has 0 bridgehead atoms. The van der Waals surface area contributed by atoms with Crippen LogP contribution in [0.5, 0.6) is 11.5 Å². The fourth-order valence-corrected chi connectivity index (χ4v) is 4.96. The second-order valence-electron chi connectivity index (χ2n) is 6.98. The van der Waals surface area contributed by atoms with E-state index in [1.165, 1.54) is 22.7 Å². The smallest absolute Gasteiger partial charge is 0.243 e. The van der Waals surface area contributed by atoms with Gasteiger partial charge in [0.15, 0.2) is 11.5 Å². The Balaban J connectivity index is 1.30. The maximum absolute atomic E-state index is 12.7. The molecule has 0 saturated carbocycles. The van der Waals surface area contributed by atoms with Crippen molar-refractivity contribution < 1.29 is 22.7 Å². The molecule has 10 heteroatoms. The lowest BCUT2D eigenvalue weighted by Crippen LogP contribution is -2.42. The average molecular weight is 450 g/mol. The number of carbonyl (C=O) groups excluding carboxylic acids is 1. The first-order chi connectivity index (χ1) is 14.4. The number of ether oxygens (including phenoxy) is 2. The van der Waals surface area contributed by atoms with E-state index in [9.17, 15) is 13.2 Å². The Kier molecular flexibility index (Phi) is 5.94. The quantitative estimate of drug-likeness (QED) is 0.559. The molecular formula is C20H20ClN3O5S. The molecule has 0 unspecified atom stereocenters. The maximum Gasteiger partial charge on any atom is 0.243 e. The zero-order valence-electron chi connectivity index (χ0n) is 16.0. The number of sulfonamides is 1. The number of benzene rings is 2. The number of hydrogen-bond donors (Lipinski definition) is 1. The van der Waals surface area contributed by atoms with Crippen LogP contribution >= 0.6 is 11.6 Å². The first kappa shape index (κ1) is 20.6. The number of nitrogens with zero attached hydrogens (tertiary/aromatic N) is 2. The predicted octanol–water partition coefficient (Wildman–Crippen LogP) is 2.62. The van der Waals surface area contributed by atoms with Gasteiger partial charge in [-0.25, -0.2) is 13.8 Å². The van der Waals surface area contributed by atoms with E-state index in [0.717, 1.165) is 5.56 Å². The first-order valence-corrected chi connectivity index (χ1v) is 11.2. The summed E-state index contributed by atoms with van der Waals surface area (Å²) in [5, 5.41) is 4.48. The monoisotopic (exact) mass is 449 g/mol. The van der Waals surface area contributed by atoms with E-state index in [4.69, 9.17) is 21.1 Å². The molecule has 0 radical (unpaired) electrons. The molecule has 4 rings (SSSR count). The molecule has 158 valence electrons. The van der Waals surface area contributed by atoms with Crippen molar-refractivity contribution in [3.05, 3.63) is 53.1 Å². The summed E-state index contributed by atoms with van der Waals surface area (Å²) < 4.78 is 37.4. The third-order valence-corrected chi connectivity index (χ3v) is 7.23. The van der Waals surface area contributed by atoms with Crippen LogP contribution in [-0.4, -0.2) is 44.7 Å². The predicted molar refractivity (Wildman–Crippen MR) is 111 cm³/mol. The van der Waals surface area contributed by atoms with Crippen molar-refractivity contribution in [1.82, 2.24) is 9.73 Å². The van der Waals surface area contributed by atoms with Crippen LogP contribution in [-0.2, 0) is 14.8 Å². The molecule has 1 fully saturated rings. The molecule has 30 heavy (non-hydrogen) atoms. The van der Waals surface area contributed by atoms with Gasteiger partial charge in [0, 0.05) is 24.0 Å². The molecule has 2 aromatic carbocycles. The number of halogens is 1. The summed E-state index contributed by atoms with van der Waals surface area (Å²) in [7, 11) is -3.59. The molecule has 0 aromatic heterocycles. The number of nitrogens with one attached hydrogen (secondary N) is 1. The van der Waals surface area contributed by atoms with Crippen LogP contribution in [0.25, 0.3) is 0 Å². The van der Waals surface area contributed by atoms with Gasteiger partial charge in [0.05, 0.1) is 11.1 Å². The molecule has 2 aliphatic rings. The lowest BCUT2D eigenvalue weighted by molar-refractivity contribution is -0.126. The van der Waals surface area contributed by atoms with Gasteiger partial charge in [-0.2, -0.15) is 9.41 Å². The molecular weight excluding hydrogens is 430 g/mol. The summed E-state index contributed by atoms with van der Waals surface area (Å²) in [4.78, 5) is 12.6. The molecule has 1 saturated heterocycles. The summed E-state index contributed by atoms with van der Waals surface area (Å²) in [5.74, 6) is 0.794. The van der Waals surface area contributed by atoms with Crippen LogP contribution in [0.1, 0.15) is 18.4 Å². The van der Waals surface area contributed by atoms with E-state index in [1.54, 1.807) is 24.3 Å². The second kappa shape index (κ2) is 8.63. The molecule has 8 nitrogen and oxygen atoms in total. The van der Waals surface area contributed by atoms with Crippen molar-refractivity contribution in [3.63, 3.8) is 0 Å². The van der Waals surface area contributed by atoms with E-state index in [1.807, 2.05) is 6.07 Å². The number of hydrogen-bond acceptors (Lipinski definition) is 6. The van der Waals surface area contributed by atoms with Gasteiger partial charge in [0.25, 0.3) is 0 Å². The molecule has 2 aliphatic heterocycles. The second-order valence-corrected chi connectivity index (χ2v) is 9.35. The standard InChI is InChI=1S/C20H20ClN3O5S/c21-16-2-4-17(5-3-16)30(26,27)24-9-7-15(8-10-24)20(25)23-22-12-14-1-6-18-19(11-14)29-13-28-18/h1-6,11-12,15H,7-10,13H2,(H,23,25)/b22-12-. The lowest BCUT2D eigenvalue weighted by atomic mass is 9.98. The Morgan fingerprint density at radius 1 is 1.10 bits per heavy atom. The van der Waals surface area contributed by atoms with E-state index >= 15 is 0 Å². The van der Waals surface area contributed by atoms with E-state index in [2.05, 4.69) is 10.5 Å². The fourth-order valence-electron chi connectivity index (χ4n) is 3.37. The molecule has 0 aliphatic carbocycles. The zero-order chi connectivity index (χ0) is 21.1. The molecule has 1 amide bonds. The minimum Gasteiger partial charge on any atom is -0.454 e. The lowest BCUT2D eigenvalue weighted by Gasteiger charge is -2.30. The van der Waals surface area contributed by atoms with E-state index in [0.29, 0.717) is 29.4 Å². The van der Waals surface area contributed by atoms with Crippen LogP contribution in [0.15, 0.2) is 52.5 Å². The Morgan fingerprint density at radius 3 is 2.53 bits per heavy atom. The van der Waals surface area contributed by atoms with Crippen molar-refractivity contribution in [2.75, 3.05) is 19.9 Å².